The highest BCUT2D eigenvalue weighted by molar-refractivity contribution is 5.77. The van der Waals surface area contributed by atoms with E-state index in [0.29, 0.717) is 12.1 Å². The second-order valence-corrected chi connectivity index (χ2v) is 5.40. The SMILES string of the molecule is NC(=O)C1CCCCC1NC1CCCCC1. The van der Waals surface area contributed by atoms with Crippen LogP contribution in [-0.4, -0.2) is 18.0 Å². The average molecular weight is 224 g/mol. The van der Waals surface area contributed by atoms with Gasteiger partial charge < -0.3 is 11.1 Å². The first-order valence-corrected chi connectivity index (χ1v) is 6.83. The zero-order chi connectivity index (χ0) is 11.4. The molecule has 0 bridgehead atoms. The summed E-state index contributed by atoms with van der Waals surface area (Å²) < 4.78 is 0. The summed E-state index contributed by atoms with van der Waals surface area (Å²) in [5, 5.41) is 3.69. The standard InChI is InChI=1S/C13H24N2O/c14-13(16)11-8-4-5-9-12(11)15-10-6-2-1-3-7-10/h10-12,15H,1-9H2,(H2,14,16). The van der Waals surface area contributed by atoms with Crippen LogP contribution in [0.2, 0.25) is 0 Å². The predicted molar refractivity (Wildman–Crippen MR) is 64.9 cm³/mol. The lowest BCUT2D eigenvalue weighted by atomic mass is 9.82. The van der Waals surface area contributed by atoms with Crippen LogP contribution in [0.1, 0.15) is 57.8 Å². The van der Waals surface area contributed by atoms with Gasteiger partial charge in [-0.2, -0.15) is 0 Å². The second-order valence-electron chi connectivity index (χ2n) is 5.40. The molecule has 0 heterocycles. The number of carbonyl (C=O) groups excluding carboxylic acids is 1. The topological polar surface area (TPSA) is 55.1 Å². The summed E-state index contributed by atoms with van der Waals surface area (Å²) in [5.41, 5.74) is 5.48. The quantitative estimate of drug-likeness (QED) is 0.770. The molecule has 0 aromatic carbocycles. The molecule has 3 N–H and O–H groups in total. The molecule has 0 aromatic heterocycles. The number of nitrogens with one attached hydrogen (secondary N) is 1. The van der Waals surface area contributed by atoms with Crippen LogP contribution in [0, 0.1) is 5.92 Å². The molecule has 1 amide bonds. The molecule has 0 aliphatic heterocycles. The number of hydrogen-bond donors (Lipinski definition) is 2. The Balaban J connectivity index is 1.87. The highest BCUT2D eigenvalue weighted by atomic mass is 16.1. The Hall–Kier alpha value is -0.570. The van der Waals surface area contributed by atoms with Crippen LogP contribution in [0.25, 0.3) is 0 Å². The smallest absolute Gasteiger partial charge is 0.222 e. The number of hydrogen-bond acceptors (Lipinski definition) is 2. The van der Waals surface area contributed by atoms with E-state index in [9.17, 15) is 4.79 Å². The zero-order valence-electron chi connectivity index (χ0n) is 10.1. The fraction of sp³-hybridized carbons (Fsp3) is 0.923. The number of primary amides is 1. The third-order valence-corrected chi connectivity index (χ3v) is 4.19. The van der Waals surface area contributed by atoms with E-state index >= 15 is 0 Å². The predicted octanol–water partition coefficient (Wildman–Crippen LogP) is 1.95. The maximum atomic E-state index is 11.4. The van der Waals surface area contributed by atoms with Gasteiger partial charge in [0.15, 0.2) is 0 Å². The molecule has 2 unspecified atom stereocenters. The van der Waals surface area contributed by atoms with Crippen molar-refractivity contribution >= 4 is 5.91 Å². The number of carbonyl (C=O) groups is 1. The summed E-state index contributed by atoms with van der Waals surface area (Å²) in [7, 11) is 0. The van der Waals surface area contributed by atoms with Crippen molar-refractivity contribution in [1.82, 2.24) is 5.32 Å². The van der Waals surface area contributed by atoms with E-state index in [1.807, 2.05) is 0 Å². The molecule has 0 radical (unpaired) electrons. The first-order chi connectivity index (χ1) is 7.77. The molecule has 2 aliphatic rings. The molecule has 2 atom stereocenters. The Bertz CT molecular complexity index is 236. The molecular formula is C13H24N2O. The van der Waals surface area contributed by atoms with Crippen molar-refractivity contribution in [1.29, 1.82) is 0 Å². The van der Waals surface area contributed by atoms with Crippen molar-refractivity contribution < 1.29 is 4.79 Å². The summed E-state index contributed by atoms with van der Waals surface area (Å²) in [5.74, 6) is -0.0244. The molecule has 2 saturated carbocycles. The molecule has 2 aliphatic carbocycles. The van der Waals surface area contributed by atoms with Gasteiger partial charge in [-0.25, -0.2) is 0 Å². The van der Waals surface area contributed by atoms with E-state index in [-0.39, 0.29) is 11.8 Å². The van der Waals surface area contributed by atoms with Gasteiger partial charge in [-0.15, -0.1) is 0 Å². The van der Waals surface area contributed by atoms with Crippen molar-refractivity contribution in [3.05, 3.63) is 0 Å². The van der Waals surface area contributed by atoms with Crippen LogP contribution in [0.5, 0.6) is 0 Å². The highest BCUT2D eigenvalue weighted by Crippen LogP contribution is 2.26. The second kappa shape index (κ2) is 5.67. The molecule has 0 spiro atoms. The third-order valence-electron chi connectivity index (χ3n) is 4.19. The van der Waals surface area contributed by atoms with Gasteiger partial charge in [-0.3, -0.25) is 4.79 Å². The monoisotopic (exact) mass is 224 g/mol. The maximum absolute atomic E-state index is 11.4. The summed E-state index contributed by atoms with van der Waals surface area (Å²) in [6.07, 6.45) is 11.1. The molecule has 16 heavy (non-hydrogen) atoms. The van der Waals surface area contributed by atoms with Crippen molar-refractivity contribution in [2.45, 2.75) is 69.9 Å². The van der Waals surface area contributed by atoms with Crippen molar-refractivity contribution in [3.8, 4) is 0 Å². The van der Waals surface area contributed by atoms with E-state index in [1.54, 1.807) is 0 Å². The van der Waals surface area contributed by atoms with E-state index in [0.717, 1.165) is 19.3 Å². The molecule has 2 rings (SSSR count). The fourth-order valence-corrected chi connectivity index (χ4v) is 3.24. The average Bonchev–Trinajstić information content (AvgIpc) is 2.31. The molecule has 3 nitrogen and oxygen atoms in total. The molecular weight excluding hydrogens is 200 g/mol. The van der Waals surface area contributed by atoms with Gasteiger partial charge in [0, 0.05) is 12.1 Å². The largest absolute Gasteiger partial charge is 0.369 e. The molecule has 0 aromatic rings. The number of amides is 1. The maximum Gasteiger partial charge on any atom is 0.222 e. The minimum atomic E-state index is -0.104. The van der Waals surface area contributed by atoms with Crippen molar-refractivity contribution in [3.63, 3.8) is 0 Å². The first-order valence-electron chi connectivity index (χ1n) is 6.83. The Kier molecular flexibility index (Phi) is 4.22. The minimum absolute atomic E-state index is 0.0793. The van der Waals surface area contributed by atoms with Crippen LogP contribution in [0.4, 0.5) is 0 Å². The van der Waals surface area contributed by atoms with Crippen LogP contribution >= 0.6 is 0 Å². The van der Waals surface area contributed by atoms with E-state index in [1.165, 1.54) is 38.5 Å². The Morgan fingerprint density at radius 3 is 2.25 bits per heavy atom. The van der Waals surface area contributed by atoms with Crippen LogP contribution < -0.4 is 11.1 Å². The summed E-state index contributed by atoms with van der Waals surface area (Å²) in [6, 6.07) is 0.994. The lowest BCUT2D eigenvalue weighted by Crippen LogP contribution is -2.49. The van der Waals surface area contributed by atoms with E-state index in [4.69, 9.17) is 5.73 Å². The van der Waals surface area contributed by atoms with Crippen LogP contribution in [0.3, 0.4) is 0 Å². The van der Waals surface area contributed by atoms with E-state index < -0.39 is 0 Å². The third kappa shape index (κ3) is 2.97. The normalized spacial score (nSPS) is 32.5. The number of nitrogens with two attached hydrogens (primary N) is 1. The first kappa shape index (κ1) is 11.9. The van der Waals surface area contributed by atoms with Gasteiger partial charge in [0.25, 0.3) is 0 Å². The molecule has 2 fully saturated rings. The van der Waals surface area contributed by atoms with Gasteiger partial charge in [-0.05, 0) is 25.7 Å². The molecule has 92 valence electrons. The van der Waals surface area contributed by atoms with E-state index in [2.05, 4.69) is 5.32 Å². The highest BCUT2D eigenvalue weighted by Gasteiger charge is 2.30. The Morgan fingerprint density at radius 2 is 1.56 bits per heavy atom. The summed E-state index contributed by atoms with van der Waals surface area (Å²) in [4.78, 5) is 11.4. The van der Waals surface area contributed by atoms with Gasteiger partial charge in [0.05, 0.1) is 5.92 Å². The van der Waals surface area contributed by atoms with Crippen LogP contribution in [0.15, 0.2) is 0 Å². The molecule has 0 saturated heterocycles. The van der Waals surface area contributed by atoms with Gasteiger partial charge in [0.1, 0.15) is 0 Å². The van der Waals surface area contributed by atoms with Gasteiger partial charge >= 0.3 is 0 Å². The van der Waals surface area contributed by atoms with Crippen molar-refractivity contribution in [2.24, 2.45) is 11.7 Å². The van der Waals surface area contributed by atoms with Gasteiger partial charge in [0.2, 0.25) is 5.91 Å². The minimum Gasteiger partial charge on any atom is -0.369 e. The van der Waals surface area contributed by atoms with Gasteiger partial charge in [-0.1, -0.05) is 32.1 Å². The Morgan fingerprint density at radius 1 is 0.938 bits per heavy atom. The summed E-state index contributed by atoms with van der Waals surface area (Å²) in [6.45, 7) is 0. The lowest BCUT2D eigenvalue weighted by molar-refractivity contribution is -0.123. The summed E-state index contributed by atoms with van der Waals surface area (Å²) >= 11 is 0. The zero-order valence-corrected chi connectivity index (χ0v) is 10.1. The Labute approximate surface area is 98.2 Å². The fourth-order valence-electron chi connectivity index (χ4n) is 3.24. The molecule has 3 heteroatoms. The number of rotatable bonds is 3. The van der Waals surface area contributed by atoms with Crippen LogP contribution in [-0.2, 0) is 4.79 Å². The van der Waals surface area contributed by atoms with Crippen molar-refractivity contribution in [2.75, 3.05) is 0 Å². The lowest BCUT2D eigenvalue weighted by Gasteiger charge is -2.35.